The van der Waals surface area contributed by atoms with Crippen LogP contribution in [0, 0.1) is 3.70 Å². The van der Waals surface area contributed by atoms with Crippen molar-refractivity contribution in [2.75, 3.05) is 0 Å². The number of aliphatic hydroxyl groups is 1. The minimum absolute atomic E-state index is 0.797. The summed E-state index contributed by atoms with van der Waals surface area (Å²) in [6, 6.07) is 5.79. The molecule has 3 nitrogen and oxygen atoms in total. The lowest BCUT2D eigenvalue weighted by molar-refractivity contribution is 0.0787. The second-order valence-corrected chi connectivity index (χ2v) is 4.91. The molecule has 0 aliphatic rings. The number of hydrogen-bond acceptors (Lipinski definition) is 2. The van der Waals surface area contributed by atoms with E-state index in [9.17, 15) is 5.11 Å². The summed E-state index contributed by atoms with van der Waals surface area (Å²) < 4.78 is 1.00. The fraction of sp³-hybridized carbons (Fsp3) is 0.300. The normalized spacial score (nSPS) is 12.3. The van der Waals surface area contributed by atoms with Gasteiger partial charge in [-0.15, -0.1) is 0 Å². The summed E-state index contributed by atoms with van der Waals surface area (Å²) in [5.41, 5.74) is 1.04. The van der Waals surface area contributed by atoms with Gasteiger partial charge in [0.05, 0.1) is 11.1 Å². The van der Waals surface area contributed by atoms with Crippen LogP contribution in [-0.4, -0.2) is 15.3 Å². The fourth-order valence-electron chi connectivity index (χ4n) is 1.36. The highest BCUT2D eigenvalue weighted by molar-refractivity contribution is 14.1. The van der Waals surface area contributed by atoms with E-state index in [4.69, 9.17) is 0 Å². The maximum absolute atomic E-state index is 9.84. The van der Waals surface area contributed by atoms with Gasteiger partial charge in [0, 0.05) is 5.39 Å². The van der Waals surface area contributed by atoms with E-state index < -0.39 is 5.60 Å². The van der Waals surface area contributed by atoms with Gasteiger partial charge in [0.2, 0.25) is 0 Å². The topological polar surface area (TPSA) is 48.9 Å². The molecule has 0 bridgehead atoms. The van der Waals surface area contributed by atoms with Crippen molar-refractivity contribution in [3.8, 4) is 0 Å². The summed E-state index contributed by atoms with van der Waals surface area (Å²) in [6.07, 6.45) is 0. The number of nitrogens with zero attached hydrogens (tertiary/aromatic N) is 1. The molecular formula is C10H11IN2O. The lowest BCUT2D eigenvalue weighted by atomic mass is 9.97. The van der Waals surface area contributed by atoms with Gasteiger partial charge in [0.25, 0.3) is 0 Å². The number of nitrogens with one attached hydrogen (secondary N) is 1. The largest absolute Gasteiger partial charge is 0.386 e. The maximum Gasteiger partial charge on any atom is 0.104 e. The average molecular weight is 302 g/mol. The van der Waals surface area contributed by atoms with Crippen molar-refractivity contribution in [2.24, 2.45) is 0 Å². The van der Waals surface area contributed by atoms with Gasteiger partial charge in [-0.05, 0) is 54.1 Å². The lowest BCUT2D eigenvalue weighted by Gasteiger charge is -2.17. The van der Waals surface area contributed by atoms with Crippen molar-refractivity contribution in [2.45, 2.75) is 19.4 Å². The number of aromatic nitrogens is 2. The summed E-state index contributed by atoms with van der Waals surface area (Å²) in [5, 5.41) is 17.9. The Labute approximate surface area is 95.7 Å². The molecule has 0 unspecified atom stereocenters. The Hall–Kier alpha value is -0.620. The number of hydrogen-bond donors (Lipinski definition) is 2. The van der Waals surface area contributed by atoms with Gasteiger partial charge in [-0.25, -0.2) is 0 Å². The van der Waals surface area contributed by atoms with E-state index >= 15 is 0 Å². The van der Waals surface area contributed by atoms with E-state index in [0.717, 1.165) is 20.2 Å². The first-order chi connectivity index (χ1) is 6.48. The lowest BCUT2D eigenvalue weighted by Crippen LogP contribution is -2.14. The molecule has 0 atom stereocenters. The highest BCUT2D eigenvalue weighted by atomic mass is 127. The smallest absolute Gasteiger partial charge is 0.104 e. The molecule has 2 rings (SSSR count). The highest BCUT2D eigenvalue weighted by Crippen LogP contribution is 2.25. The Morgan fingerprint density at radius 3 is 2.79 bits per heavy atom. The van der Waals surface area contributed by atoms with Gasteiger partial charge < -0.3 is 5.11 Å². The Morgan fingerprint density at radius 2 is 2.14 bits per heavy atom. The third kappa shape index (κ3) is 1.64. The van der Waals surface area contributed by atoms with Crippen molar-refractivity contribution in [1.29, 1.82) is 0 Å². The molecule has 2 aromatic rings. The molecule has 14 heavy (non-hydrogen) atoms. The second-order valence-electron chi connectivity index (χ2n) is 3.83. The molecule has 1 heterocycles. The molecule has 74 valence electrons. The molecule has 0 amide bonds. The molecule has 0 aliphatic carbocycles. The molecule has 4 heteroatoms. The predicted molar refractivity (Wildman–Crippen MR) is 64.1 cm³/mol. The first-order valence-corrected chi connectivity index (χ1v) is 5.43. The molecule has 0 radical (unpaired) electrons. The van der Waals surface area contributed by atoms with Crippen LogP contribution in [0.1, 0.15) is 19.4 Å². The van der Waals surface area contributed by atoms with Crippen molar-refractivity contribution < 1.29 is 5.11 Å². The Balaban J connectivity index is 2.66. The Morgan fingerprint density at radius 1 is 1.43 bits per heavy atom. The van der Waals surface area contributed by atoms with Crippen LogP contribution in [-0.2, 0) is 5.60 Å². The van der Waals surface area contributed by atoms with Crippen LogP contribution < -0.4 is 0 Å². The SMILES string of the molecule is CC(C)(O)c1ccc2n[nH]c(I)c2c1. The molecular weight excluding hydrogens is 291 g/mol. The number of H-pyrrole nitrogens is 1. The number of fused-ring (bicyclic) bond motifs is 1. The number of aromatic amines is 1. The fourth-order valence-corrected chi connectivity index (χ4v) is 1.91. The van der Waals surface area contributed by atoms with Gasteiger partial charge in [0.1, 0.15) is 3.70 Å². The number of halogens is 1. The zero-order valence-electron chi connectivity index (χ0n) is 8.00. The van der Waals surface area contributed by atoms with Crippen LogP contribution >= 0.6 is 22.6 Å². The molecule has 0 saturated heterocycles. The highest BCUT2D eigenvalue weighted by Gasteiger charge is 2.16. The molecule has 1 aromatic carbocycles. The van der Waals surface area contributed by atoms with Gasteiger partial charge in [-0.2, -0.15) is 5.10 Å². The van der Waals surface area contributed by atoms with Crippen LogP contribution in [0.5, 0.6) is 0 Å². The van der Waals surface area contributed by atoms with Gasteiger partial charge in [0.15, 0.2) is 0 Å². The van der Waals surface area contributed by atoms with Crippen LogP contribution in [0.15, 0.2) is 18.2 Å². The molecule has 2 N–H and O–H groups in total. The molecule has 0 fully saturated rings. The van der Waals surface area contributed by atoms with Crippen molar-refractivity contribution in [3.63, 3.8) is 0 Å². The quantitative estimate of drug-likeness (QED) is 0.795. The number of benzene rings is 1. The van der Waals surface area contributed by atoms with E-state index in [1.54, 1.807) is 13.8 Å². The van der Waals surface area contributed by atoms with Crippen LogP contribution in [0.4, 0.5) is 0 Å². The van der Waals surface area contributed by atoms with Crippen molar-refractivity contribution in [3.05, 3.63) is 27.5 Å². The van der Waals surface area contributed by atoms with Crippen molar-refractivity contribution >= 4 is 33.5 Å². The molecule has 0 aliphatic heterocycles. The van der Waals surface area contributed by atoms with Gasteiger partial charge in [-0.1, -0.05) is 6.07 Å². The maximum atomic E-state index is 9.84. The summed E-state index contributed by atoms with van der Waals surface area (Å²) in [6.45, 7) is 3.56. The average Bonchev–Trinajstić information content (AvgIpc) is 2.46. The summed E-state index contributed by atoms with van der Waals surface area (Å²) in [5.74, 6) is 0. The zero-order chi connectivity index (χ0) is 10.3. The van der Waals surface area contributed by atoms with E-state index in [2.05, 4.69) is 32.8 Å². The summed E-state index contributed by atoms with van der Waals surface area (Å²) in [7, 11) is 0. The Bertz CT molecular complexity index is 470. The predicted octanol–water partition coefficient (Wildman–Crippen LogP) is 2.39. The first kappa shape index (κ1) is 9.92. The third-order valence-corrected chi connectivity index (χ3v) is 3.04. The van der Waals surface area contributed by atoms with Crippen LogP contribution in [0.3, 0.4) is 0 Å². The third-order valence-electron chi connectivity index (χ3n) is 2.21. The summed E-state index contributed by atoms with van der Waals surface area (Å²) in [4.78, 5) is 0. The zero-order valence-corrected chi connectivity index (χ0v) is 10.2. The molecule has 1 aromatic heterocycles. The van der Waals surface area contributed by atoms with Gasteiger partial charge >= 0.3 is 0 Å². The second kappa shape index (κ2) is 3.20. The van der Waals surface area contributed by atoms with E-state index in [1.807, 2.05) is 18.2 Å². The van der Waals surface area contributed by atoms with Gasteiger partial charge in [-0.3, -0.25) is 5.10 Å². The monoisotopic (exact) mass is 302 g/mol. The minimum Gasteiger partial charge on any atom is -0.386 e. The van der Waals surface area contributed by atoms with Crippen molar-refractivity contribution in [1.82, 2.24) is 10.2 Å². The molecule has 0 saturated carbocycles. The van der Waals surface area contributed by atoms with Crippen LogP contribution in [0.2, 0.25) is 0 Å². The van der Waals surface area contributed by atoms with E-state index in [-0.39, 0.29) is 0 Å². The Kier molecular flexibility index (Phi) is 2.27. The molecule has 0 spiro atoms. The first-order valence-electron chi connectivity index (χ1n) is 4.35. The van der Waals surface area contributed by atoms with E-state index in [0.29, 0.717) is 0 Å². The van der Waals surface area contributed by atoms with E-state index in [1.165, 1.54) is 0 Å². The standard InChI is InChI=1S/C10H11IN2O/c1-10(2,14)6-3-4-8-7(5-6)9(11)13-12-8/h3-5,14H,1-2H3,(H,12,13). The van der Waals surface area contributed by atoms with Crippen LogP contribution in [0.25, 0.3) is 10.9 Å². The summed E-state index contributed by atoms with van der Waals surface area (Å²) >= 11 is 2.20. The number of rotatable bonds is 1. The minimum atomic E-state index is -0.797.